The van der Waals surface area contributed by atoms with E-state index in [2.05, 4.69) is 4.90 Å². The second kappa shape index (κ2) is 5.61. The predicted octanol–water partition coefficient (Wildman–Crippen LogP) is 1.89. The average Bonchev–Trinajstić information content (AvgIpc) is 2.20. The van der Waals surface area contributed by atoms with Gasteiger partial charge in [0, 0.05) is 5.56 Å². The van der Waals surface area contributed by atoms with Crippen molar-refractivity contribution in [3.8, 4) is 11.5 Å². The molecule has 0 atom stereocenters. The third kappa shape index (κ3) is 3.44. The van der Waals surface area contributed by atoms with Crippen LogP contribution in [0.2, 0.25) is 0 Å². The first kappa shape index (κ1) is 11.9. The van der Waals surface area contributed by atoms with Crippen LogP contribution in [0.1, 0.15) is 12.0 Å². The Bertz CT molecular complexity index is 310. The van der Waals surface area contributed by atoms with Crippen LogP contribution in [-0.2, 0) is 6.42 Å². The first-order valence-electron chi connectivity index (χ1n) is 5.14. The van der Waals surface area contributed by atoms with E-state index in [1.54, 1.807) is 19.2 Å². The molecule has 0 aliphatic rings. The summed E-state index contributed by atoms with van der Waals surface area (Å²) >= 11 is 0. The van der Waals surface area contributed by atoms with Crippen molar-refractivity contribution in [2.24, 2.45) is 0 Å². The van der Waals surface area contributed by atoms with E-state index in [0.29, 0.717) is 5.75 Å². The van der Waals surface area contributed by atoms with E-state index in [-0.39, 0.29) is 0 Å². The van der Waals surface area contributed by atoms with Gasteiger partial charge in [-0.05, 0) is 45.6 Å². The molecule has 0 aliphatic heterocycles. The summed E-state index contributed by atoms with van der Waals surface area (Å²) in [5.74, 6) is 1.10. The lowest BCUT2D eigenvalue weighted by atomic mass is 10.1. The summed E-state index contributed by atoms with van der Waals surface area (Å²) in [6.45, 7) is 1.01. The minimum absolute atomic E-state index is 0.327. The van der Waals surface area contributed by atoms with Crippen LogP contribution in [-0.4, -0.2) is 37.8 Å². The molecule has 84 valence electrons. The quantitative estimate of drug-likeness (QED) is 0.804. The highest BCUT2D eigenvalue weighted by atomic mass is 16.5. The van der Waals surface area contributed by atoms with E-state index < -0.39 is 0 Å². The van der Waals surface area contributed by atoms with Gasteiger partial charge in [0.25, 0.3) is 0 Å². The Hall–Kier alpha value is -1.22. The summed E-state index contributed by atoms with van der Waals surface area (Å²) < 4.78 is 5.21. The highest BCUT2D eigenvalue weighted by molar-refractivity contribution is 5.43. The summed E-state index contributed by atoms with van der Waals surface area (Å²) in [7, 11) is 5.72. The molecular formula is C12H19NO2. The third-order valence-corrected chi connectivity index (χ3v) is 2.36. The smallest absolute Gasteiger partial charge is 0.125 e. The zero-order valence-electron chi connectivity index (χ0n) is 9.66. The van der Waals surface area contributed by atoms with E-state index in [9.17, 15) is 5.11 Å². The van der Waals surface area contributed by atoms with Crippen LogP contribution in [0, 0.1) is 0 Å². The van der Waals surface area contributed by atoms with Crippen molar-refractivity contribution in [2.45, 2.75) is 12.8 Å². The van der Waals surface area contributed by atoms with Gasteiger partial charge < -0.3 is 14.7 Å². The van der Waals surface area contributed by atoms with Crippen molar-refractivity contribution in [1.82, 2.24) is 4.90 Å². The van der Waals surface area contributed by atoms with Gasteiger partial charge in [-0.25, -0.2) is 0 Å². The number of rotatable bonds is 5. The minimum Gasteiger partial charge on any atom is -0.508 e. The van der Waals surface area contributed by atoms with Crippen LogP contribution in [0.4, 0.5) is 0 Å². The molecule has 0 amide bonds. The fraction of sp³-hybridized carbons (Fsp3) is 0.500. The molecule has 1 rings (SSSR count). The van der Waals surface area contributed by atoms with Crippen molar-refractivity contribution in [2.75, 3.05) is 27.7 Å². The monoisotopic (exact) mass is 209 g/mol. The topological polar surface area (TPSA) is 32.7 Å². The summed E-state index contributed by atoms with van der Waals surface area (Å²) in [6, 6.07) is 5.38. The van der Waals surface area contributed by atoms with Gasteiger partial charge >= 0.3 is 0 Å². The molecule has 15 heavy (non-hydrogen) atoms. The zero-order chi connectivity index (χ0) is 11.3. The molecule has 3 heteroatoms. The Labute approximate surface area is 91.3 Å². The number of aromatic hydroxyl groups is 1. The van der Waals surface area contributed by atoms with E-state index in [1.807, 2.05) is 20.2 Å². The number of methoxy groups -OCH3 is 1. The average molecular weight is 209 g/mol. The Balaban J connectivity index is 2.66. The third-order valence-electron chi connectivity index (χ3n) is 2.36. The number of hydrogen-bond acceptors (Lipinski definition) is 3. The van der Waals surface area contributed by atoms with Crippen molar-refractivity contribution in [1.29, 1.82) is 0 Å². The van der Waals surface area contributed by atoms with Crippen LogP contribution in [0.5, 0.6) is 11.5 Å². The minimum atomic E-state index is 0.327. The molecule has 0 aliphatic carbocycles. The Morgan fingerprint density at radius 1 is 1.33 bits per heavy atom. The molecule has 0 spiro atoms. The van der Waals surface area contributed by atoms with Gasteiger partial charge in [0.05, 0.1) is 7.11 Å². The lowest BCUT2D eigenvalue weighted by molar-refractivity contribution is 0.383. The molecule has 0 fully saturated rings. The summed E-state index contributed by atoms with van der Waals surface area (Å²) in [5, 5.41) is 9.69. The molecule has 0 aromatic heterocycles. The summed E-state index contributed by atoms with van der Waals surface area (Å²) in [5.41, 5.74) is 0.904. The standard InChI is InChI=1S/C12H19NO2/c1-13(2)9-5-6-10-11(14)7-4-8-12(10)15-3/h4,7-8,14H,5-6,9H2,1-3H3. The van der Waals surface area contributed by atoms with E-state index in [1.165, 1.54) is 0 Å². The lowest BCUT2D eigenvalue weighted by Gasteiger charge is -2.12. The molecule has 0 unspecified atom stereocenters. The fourth-order valence-electron chi connectivity index (χ4n) is 1.57. The van der Waals surface area contributed by atoms with Crippen LogP contribution in [0.15, 0.2) is 18.2 Å². The van der Waals surface area contributed by atoms with Crippen molar-refractivity contribution in [3.63, 3.8) is 0 Å². The molecule has 0 heterocycles. The molecule has 3 nitrogen and oxygen atoms in total. The number of benzene rings is 1. The fourth-order valence-corrected chi connectivity index (χ4v) is 1.57. The molecule has 1 aromatic rings. The second-order valence-electron chi connectivity index (χ2n) is 3.86. The van der Waals surface area contributed by atoms with Crippen LogP contribution >= 0.6 is 0 Å². The Kier molecular flexibility index (Phi) is 4.43. The van der Waals surface area contributed by atoms with Crippen molar-refractivity contribution in [3.05, 3.63) is 23.8 Å². The van der Waals surface area contributed by atoms with Gasteiger partial charge in [0.1, 0.15) is 11.5 Å². The molecule has 0 radical (unpaired) electrons. The molecular weight excluding hydrogens is 190 g/mol. The van der Waals surface area contributed by atoms with Gasteiger partial charge in [-0.2, -0.15) is 0 Å². The summed E-state index contributed by atoms with van der Waals surface area (Å²) in [4.78, 5) is 2.13. The first-order chi connectivity index (χ1) is 7.15. The number of hydrogen-bond donors (Lipinski definition) is 1. The molecule has 0 bridgehead atoms. The molecule has 1 aromatic carbocycles. The maximum atomic E-state index is 9.69. The van der Waals surface area contributed by atoms with Crippen molar-refractivity contribution >= 4 is 0 Å². The largest absolute Gasteiger partial charge is 0.508 e. The molecule has 1 N–H and O–H groups in total. The highest BCUT2D eigenvalue weighted by Gasteiger charge is 2.07. The van der Waals surface area contributed by atoms with Gasteiger partial charge in [0.2, 0.25) is 0 Å². The van der Waals surface area contributed by atoms with Gasteiger partial charge in [-0.15, -0.1) is 0 Å². The number of phenols is 1. The van der Waals surface area contributed by atoms with Gasteiger partial charge in [-0.1, -0.05) is 6.07 Å². The highest BCUT2D eigenvalue weighted by Crippen LogP contribution is 2.28. The summed E-state index contributed by atoms with van der Waals surface area (Å²) in [6.07, 6.45) is 1.86. The van der Waals surface area contributed by atoms with Gasteiger partial charge in [-0.3, -0.25) is 0 Å². The lowest BCUT2D eigenvalue weighted by Crippen LogP contribution is -2.13. The first-order valence-corrected chi connectivity index (χ1v) is 5.14. The Morgan fingerprint density at radius 2 is 2.07 bits per heavy atom. The van der Waals surface area contributed by atoms with Gasteiger partial charge in [0.15, 0.2) is 0 Å². The number of nitrogens with zero attached hydrogens (tertiary/aromatic N) is 1. The molecule has 0 saturated heterocycles. The van der Waals surface area contributed by atoms with E-state index in [0.717, 1.165) is 30.7 Å². The van der Waals surface area contributed by atoms with Crippen LogP contribution in [0.3, 0.4) is 0 Å². The maximum Gasteiger partial charge on any atom is 0.125 e. The van der Waals surface area contributed by atoms with E-state index in [4.69, 9.17) is 4.74 Å². The van der Waals surface area contributed by atoms with Crippen LogP contribution in [0.25, 0.3) is 0 Å². The van der Waals surface area contributed by atoms with E-state index >= 15 is 0 Å². The number of ether oxygens (including phenoxy) is 1. The second-order valence-corrected chi connectivity index (χ2v) is 3.86. The number of phenolic OH excluding ortho intramolecular Hbond substituents is 1. The SMILES string of the molecule is COc1cccc(O)c1CCCN(C)C. The maximum absolute atomic E-state index is 9.69. The zero-order valence-corrected chi connectivity index (χ0v) is 9.66. The van der Waals surface area contributed by atoms with Crippen molar-refractivity contribution < 1.29 is 9.84 Å². The normalized spacial score (nSPS) is 10.7. The van der Waals surface area contributed by atoms with Crippen LogP contribution < -0.4 is 4.74 Å². The molecule has 0 saturated carbocycles. The Morgan fingerprint density at radius 3 is 2.67 bits per heavy atom. The predicted molar refractivity (Wildman–Crippen MR) is 61.5 cm³/mol.